The Morgan fingerprint density at radius 1 is 0.618 bits per heavy atom. The second-order valence-corrected chi connectivity index (χ2v) is 8.06. The molecule has 0 saturated carbocycles. The maximum atomic E-state index is 13.2. The van der Waals surface area contributed by atoms with Crippen LogP contribution < -0.4 is 10.9 Å². The SMILES string of the molecule is O=C(CC(O)(c1ccccc1)c1ccccc1)NNC(=O)C(c1ccccc1)c1ccccc1. The number of aliphatic hydroxyl groups is 1. The minimum atomic E-state index is -1.55. The van der Waals surface area contributed by atoms with Crippen molar-refractivity contribution in [1.29, 1.82) is 0 Å². The molecule has 4 rings (SSSR count). The van der Waals surface area contributed by atoms with Crippen molar-refractivity contribution < 1.29 is 14.7 Å². The highest BCUT2D eigenvalue weighted by Gasteiger charge is 2.34. The minimum Gasteiger partial charge on any atom is -0.380 e. The summed E-state index contributed by atoms with van der Waals surface area (Å²) in [6.45, 7) is 0. The number of amides is 2. The zero-order valence-electron chi connectivity index (χ0n) is 18.6. The predicted molar refractivity (Wildman–Crippen MR) is 132 cm³/mol. The number of carbonyl (C=O) groups excluding carboxylic acids is 2. The Labute approximate surface area is 199 Å². The molecule has 0 unspecified atom stereocenters. The van der Waals surface area contributed by atoms with Crippen molar-refractivity contribution in [2.75, 3.05) is 0 Å². The molecule has 0 fully saturated rings. The Morgan fingerprint density at radius 3 is 1.41 bits per heavy atom. The number of hydrazine groups is 1. The number of hydrogen-bond donors (Lipinski definition) is 3. The summed E-state index contributed by atoms with van der Waals surface area (Å²) in [5.41, 5.74) is 6.31. The third kappa shape index (κ3) is 5.22. The van der Waals surface area contributed by atoms with E-state index in [1.807, 2.05) is 97.1 Å². The van der Waals surface area contributed by atoms with Crippen LogP contribution in [0.25, 0.3) is 0 Å². The van der Waals surface area contributed by atoms with E-state index in [0.29, 0.717) is 11.1 Å². The predicted octanol–water partition coefficient (Wildman–Crippen LogP) is 4.29. The molecule has 0 heterocycles. The van der Waals surface area contributed by atoms with Crippen LogP contribution in [0.1, 0.15) is 34.6 Å². The summed E-state index contributed by atoms with van der Waals surface area (Å²) in [5.74, 6) is -1.47. The molecule has 2 amide bonds. The molecule has 0 aliphatic heterocycles. The maximum absolute atomic E-state index is 13.2. The smallest absolute Gasteiger partial charge is 0.250 e. The number of nitrogens with one attached hydrogen (secondary N) is 2. The van der Waals surface area contributed by atoms with Gasteiger partial charge in [0.15, 0.2) is 0 Å². The first kappa shape index (κ1) is 23.0. The highest BCUT2D eigenvalue weighted by molar-refractivity contribution is 5.89. The summed E-state index contributed by atoms with van der Waals surface area (Å²) in [5, 5.41) is 11.6. The molecule has 5 nitrogen and oxygen atoms in total. The van der Waals surface area contributed by atoms with Crippen LogP contribution in [0.15, 0.2) is 121 Å². The zero-order valence-corrected chi connectivity index (χ0v) is 18.6. The maximum Gasteiger partial charge on any atom is 0.250 e. The Balaban J connectivity index is 1.52. The number of hydrogen-bond acceptors (Lipinski definition) is 3. The van der Waals surface area contributed by atoms with Gasteiger partial charge in [0.05, 0.1) is 12.3 Å². The van der Waals surface area contributed by atoms with Crippen molar-refractivity contribution in [1.82, 2.24) is 10.9 Å². The van der Waals surface area contributed by atoms with E-state index in [2.05, 4.69) is 10.9 Å². The van der Waals surface area contributed by atoms with Gasteiger partial charge in [-0.1, -0.05) is 121 Å². The van der Waals surface area contributed by atoms with E-state index in [4.69, 9.17) is 0 Å². The first-order chi connectivity index (χ1) is 16.6. The van der Waals surface area contributed by atoms with E-state index in [-0.39, 0.29) is 12.3 Å². The minimum absolute atomic E-state index is 0.261. The average Bonchev–Trinajstić information content (AvgIpc) is 2.90. The van der Waals surface area contributed by atoms with Gasteiger partial charge in [-0.15, -0.1) is 0 Å². The molecule has 0 saturated heterocycles. The molecular formula is C29H26N2O3. The molecule has 0 atom stereocenters. The number of benzene rings is 4. The quantitative estimate of drug-likeness (QED) is 0.368. The molecule has 4 aromatic rings. The monoisotopic (exact) mass is 450 g/mol. The third-order valence-corrected chi connectivity index (χ3v) is 5.77. The summed E-state index contributed by atoms with van der Waals surface area (Å²) < 4.78 is 0. The van der Waals surface area contributed by atoms with Gasteiger partial charge < -0.3 is 5.11 Å². The van der Waals surface area contributed by atoms with Gasteiger partial charge in [0.1, 0.15) is 5.60 Å². The lowest BCUT2D eigenvalue weighted by molar-refractivity contribution is -0.131. The van der Waals surface area contributed by atoms with Gasteiger partial charge in [0, 0.05) is 0 Å². The normalized spacial score (nSPS) is 11.1. The first-order valence-electron chi connectivity index (χ1n) is 11.1. The molecule has 0 aliphatic rings. The van der Waals surface area contributed by atoms with E-state index in [9.17, 15) is 14.7 Å². The molecule has 3 N–H and O–H groups in total. The molecule has 0 bridgehead atoms. The zero-order chi connectivity index (χ0) is 23.8. The molecule has 4 aromatic carbocycles. The lowest BCUT2D eigenvalue weighted by Gasteiger charge is -2.29. The van der Waals surface area contributed by atoms with E-state index in [1.165, 1.54) is 0 Å². The van der Waals surface area contributed by atoms with Crippen molar-refractivity contribution in [3.05, 3.63) is 144 Å². The van der Waals surface area contributed by atoms with Gasteiger partial charge in [-0.2, -0.15) is 0 Å². The molecule has 170 valence electrons. The second kappa shape index (κ2) is 10.6. The van der Waals surface area contributed by atoms with Crippen LogP contribution in [-0.4, -0.2) is 16.9 Å². The fraction of sp³-hybridized carbons (Fsp3) is 0.103. The van der Waals surface area contributed by atoms with Crippen LogP contribution in [-0.2, 0) is 15.2 Å². The van der Waals surface area contributed by atoms with E-state index < -0.39 is 17.4 Å². The van der Waals surface area contributed by atoms with Crippen LogP contribution in [0.2, 0.25) is 0 Å². The van der Waals surface area contributed by atoms with Crippen LogP contribution >= 0.6 is 0 Å². The molecule has 0 aromatic heterocycles. The Morgan fingerprint density at radius 2 is 1.00 bits per heavy atom. The van der Waals surface area contributed by atoms with Gasteiger partial charge in [-0.3, -0.25) is 20.4 Å². The fourth-order valence-corrected chi connectivity index (χ4v) is 4.06. The standard InChI is InChI=1S/C29H26N2O3/c32-26(21-29(34,24-17-9-3-10-18-24)25-19-11-4-12-20-25)30-31-28(33)27(22-13-5-1-6-14-22)23-15-7-2-8-16-23/h1-20,27,34H,21H2,(H,30,32)(H,31,33). The molecular weight excluding hydrogens is 424 g/mol. The highest BCUT2D eigenvalue weighted by Crippen LogP contribution is 2.33. The van der Waals surface area contributed by atoms with Gasteiger partial charge in [-0.05, 0) is 22.3 Å². The van der Waals surface area contributed by atoms with Crippen molar-refractivity contribution in [2.24, 2.45) is 0 Å². The Bertz CT molecular complexity index is 1130. The number of rotatable bonds is 7. The topological polar surface area (TPSA) is 78.4 Å². The third-order valence-electron chi connectivity index (χ3n) is 5.77. The van der Waals surface area contributed by atoms with Crippen molar-refractivity contribution in [2.45, 2.75) is 17.9 Å². The summed E-state index contributed by atoms with van der Waals surface area (Å²) in [6, 6.07) is 36.8. The fourth-order valence-electron chi connectivity index (χ4n) is 4.06. The van der Waals surface area contributed by atoms with Crippen LogP contribution in [0.5, 0.6) is 0 Å². The largest absolute Gasteiger partial charge is 0.380 e. The average molecular weight is 451 g/mol. The van der Waals surface area contributed by atoms with Crippen LogP contribution in [0.4, 0.5) is 0 Å². The van der Waals surface area contributed by atoms with Crippen molar-refractivity contribution in [3.8, 4) is 0 Å². The summed E-state index contributed by atoms with van der Waals surface area (Å²) in [7, 11) is 0. The summed E-state index contributed by atoms with van der Waals surface area (Å²) >= 11 is 0. The lowest BCUT2D eigenvalue weighted by Crippen LogP contribution is -2.46. The first-order valence-corrected chi connectivity index (χ1v) is 11.1. The molecule has 34 heavy (non-hydrogen) atoms. The highest BCUT2D eigenvalue weighted by atomic mass is 16.3. The second-order valence-electron chi connectivity index (χ2n) is 8.06. The summed E-state index contributed by atoms with van der Waals surface area (Å²) in [4.78, 5) is 26.1. The number of carbonyl (C=O) groups is 2. The van der Waals surface area contributed by atoms with Crippen LogP contribution in [0, 0.1) is 0 Å². The van der Waals surface area contributed by atoms with Gasteiger partial charge in [-0.25, -0.2) is 0 Å². The van der Waals surface area contributed by atoms with Crippen molar-refractivity contribution in [3.63, 3.8) is 0 Å². The van der Waals surface area contributed by atoms with E-state index in [0.717, 1.165) is 11.1 Å². The van der Waals surface area contributed by atoms with Crippen molar-refractivity contribution >= 4 is 11.8 Å². The summed E-state index contributed by atoms with van der Waals surface area (Å²) in [6.07, 6.45) is -0.261. The van der Waals surface area contributed by atoms with Gasteiger partial charge >= 0.3 is 0 Å². The molecule has 0 aliphatic carbocycles. The van der Waals surface area contributed by atoms with Gasteiger partial charge in [0.25, 0.3) is 0 Å². The lowest BCUT2D eigenvalue weighted by atomic mass is 9.83. The molecule has 5 heteroatoms. The van der Waals surface area contributed by atoms with E-state index in [1.54, 1.807) is 24.3 Å². The van der Waals surface area contributed by atoms with Gasteiger partial charge in [0.2, 0.25) is 11.8 Å². The molecule has 0 spiro atoms. The Hall–Kier alpha value is -4.22. The molecule has 0 radical (unpaired) electrons. The Kier molecular flexibility index (Phi) is 7.16. The van der Waals surface area contributed by atoms with Crippen LogP contribution in [0.3, 0.4) is 0 Å². The van der Waals surface area contributed by atoms with E-state index >= 15 is 0 Å².